The molecule has 0 bridgehead atoms. The van der Waals surface area contributed by atoms with Crippen molar-refractivity contribution in [2.45, 2.75) is 25.6 Å². The molecule has 1 aromatic heterocycles. The number of rotatable bonds is 3. The summed E-state index contributed by atoms with van der Waals surface area (Å²) < 4.78 is 39.1. The third kappa shape index (κ3) is 2.16. The lowest BCUT2D eigenvalue weighted by Gasteiger charge is -2.10. The molecule has 1 aliphatic carbocycles. The van der Waals surface area contributed by atoms with Crippen LogP contribution in [0.1, 0.15) is 24.2 Å². The van der Waals surface area contributed by atoms with Gasteiger partial charge in [-0.2, -0.15) is 13.2 Å². The Morgan fingerprint density at radius 1 is 1.50 bits per heavy atom. The fraction of sp³-hybridized carbons (Fsp3) is 0.625. The van der Waals surface area contributed by atoms with E-state index in [1.165, 1.54) is 0 Å². The van der Waals surface area contributed by atoms with Crippen molar-refractivity contribution in [2.75, 3.05) is 0 Å². The summed E-state index contributed by atoms with van der Waals surface area (Å²) in [7, 11) is 0. The summed E-state index contributed by atoms with van der Waals surface area (Å²) in [4.78, 5) is -0.380. The molecule has 0 spiro atoms. The van der Waals surface area contributed by atoms with Crippen LogP contribution in [0.15, 0.2) is 0 Å². The van der Waals surface area contributed by atoms with E-state index in [1.807, 2.05) is 0 Å². The topological polar surface area (TPSA) is 56.7 Å². The largest absolute Gasteiger partial charge is 0.435 e. The molecule has 2 rings (SSSR count). The maximum absolute atomic E-state index is 12.8. The summed E-state index contributed by atoms with van der Waals surface area (Å²) in [6.07, 6.45) is -2.67. The van der Waals surface area contributed by atoms with Gasteiger partial charge in [0.15, 0.2) is 11.4 Å². The average Bonchev–Trinajstić information content (AvgIpc) is 2.79. The van der Waals surface area contributed by atoms with Gasteiger partial charge in [-0.1, -0.05) is 17.4 Å². The normalized spacial score (nSPS) is 16.4. The molecule has 16 heavy (non-hydrogen) atoms. The molecule has 1 aliphatic rings. The summed E-state index contributed by atoms with van der Waals surface area (Å²) >= 11 is 4.52. The molecule has 0 aliphatic heterocycles. The predicted molar refractivity (Wildman–Crippen MR) is 53.6 cm³/mol. The Hall–Kier alpha value is -1.18. The standard InChI is InChI=1S/C8H9F3N4S/c9-8(10,11)6-5(7(12)16)13-14-15(6)3-4-1-2-4/h4H,1-3H2,(H2,12,16). The Bertz CT molecular complexity index is 421. The summed E-state index contributed by atoms with van der Waals surface area (Å²) in [6.45, 7) is 0.227. The van der Waals surface area contributed by atoms with E-state index in [4.69, 9.17) is 5.73 Å². The summed E-state index contributed by atoms with van der Waals surface area (Å²) in [5.41, 5.74) is 3.81. The molecule has 1 heterocycles. The molecule has 2 N–H and O–H groups in total. The predicted octanol–water partition coefficient (Wildman–Crippen LogP) is 1.34. The second kappa shape index (κ2) is 3.69. The molecule has 8 heteroatoms. The van der Waals surface area contributed by atoms with Crippen LogP contribution in [0.25, 0.3) is 0 Å². The quantitative estimate of drug-likeness (QED) is 0.822. The van der Waals surface area contributed by atoms with Gasteiger partial charge in [0.2, 0.25) is 0 Å². The van der Waals surface area contributed by atoms with E-state index in [0.717, 1.165) is 17.5 Å². The molecule has 1 fully saturated rings. The monoisotopic (exact) mass is 250 g/mol. The van der Waals surface area contributed by atoms with Gasteiger partial charge in [-0.05, 0) is 18.8 Å². The van der Waals surface area contributed by atoms with E-state index in [-0.39, 0.29) is 17.5 Å². The molecular formula is C8H9F3N4S. The van der Waals surface area contributed by atoms with Crippen molar-refractivity contribution in [3.8, 4) is 0 Å². The highest BCUT2D eigenvalue weighted by Gasteiger charge is 2.41. The van der Waals surface area contributed by atoms with E-state index < -0.39 is 17.6 Å². The van der Waals surface area contributed by atoms with Crippen LogP contribution >= 0.6 is 12.2 Å². The summed E-state index contributed by atoms with van der Waals surface area (Å²) in [5.74, 6) is 0.266. The van der Waals surface area contributed by atoms with E-state index >= 15 is 0 Å². The zero-order chi connectivity index (χ0) is 11.9. The molecule has 1 aromatic rings. The van der Waals surface area contributed by atoms with Crippen molar-refractivity contribution in [1.29, 1.82) is 0 Å². The van der Waals surface area contributed by atoms with Crippen LogP contribution in [0.2, 0.25) is 0 Å². The van der Waals surface area contributed by atoms with Crippen molar-refractivity contribution < 1.29 is 13.2 Å². The third-order valence-corrected chi connectivity index (χ3v) is 2.56. The summed E-state index contributed by atoms with van der Waals surface area (Å²) in [5, 5.41) is 6.85. The van der Waals surface area contributed by atoms with Gasteiger partial charge in [-0.3, -0.25) is 0 Å². The Morgan fingerprint density at radius 3 is 2.56 bits per heavy atom. The van der Waals surface area contributed by atoms with Crippen LogP contribution in [0.3, 0.4) is 0 Å². The number of aromatic nitrogens is 3. The SMILES string of the molecule is NC(=S)c1nnn(CC2CC2)c1C(F)(F)F. The zero-order valence-corrected chi connectivity index (χ0v) is 8.98. The van der Waals surface area contributed by atoms with Crippen molar-refractivity contribution in [3.63, 3.8) is 0 Å². The van der Waals surface area contributed by atoms with E-state index in [0.29, 0.717) is 0 Å². The van der Waals surface area contributed by atoms with Crippen LogP contribution in [0.5, 0.6) is 0 Å². The van der Waals surface area contributed by atoms with Crippen molar-refractivity contribution in [1.82, 2.24) is 15.0 Å². The van der Waals surface area contributed by atoms with Gasteiger partial charge in [-0.15, -0.1) is 5.10 Å². The molecule has 0 aromatic carbocycles. The van der Waals surface area contributed by atoms with E-state index in [1.54, 1.807) is 0 Å². The van der Waals surface area contributed by atoms with Crippen LogP contribution < -0.4 is 5.73 Å². The minimum absolute atomic E-state index is 0.227. The molecule has 0 atom stereocenters. The number of thiocarbonyl (C=S) groups is 1. The van der Waals surface area contributed by atoms with Crippen molar-refractivity contribution in [3.05, 3.63) is 11.4 Å². The first-order chi connectivity index (χ1) is 7.39. The third-order valence-electron chi connectivity index (χ3n) is 2.37. The number of hydrogen-bond donors (Lipinski definition) is 1. The highest BCUT2D eigenvalue weighted by atomic mass is 32.1. The highest BCUT2D eigenvalue weighted by molar-refractivity contribution is 7.80. The molecule has 4 nitrogen and oxygen atoms in total. The maximum Gasteiger partial charge on any atom is 0.435 e. The number of nitrogens with zero attached hydrogens (tertiary/aromatic N) is 3. The van der Waals surface area contributed by atoms with Gasteiger partial charge < -0.3 is 5.73 Å². The number of nitrogens with two attached hydrogens (primary N) is 1. The first-order valence-corrected chi connectivity index (χ1v) is 5.11. The first-order valence-electron chi connectivity index (χ1n) is 4.70. The number of alkyl halides is 3. The smallest absolute Gasteiger partial charge is 0.388 e. The van der Waals surface area contributed by atoms with Crippen LogP contribution in [-0.4, -0.2) is 20.0 Å². The fourth-order valence-electron chi connectivity index (χ4n) is 1.43. The van der Waals surface area contributed by atoms with Gasteiger partial charge in [0.05, 0.1) is 0 Å². The fourth-order valence-corrected chi connectivity index (χ4v) is 1.57. The lowest BCUT2D eigenvalue weighted by Crippen LogP contribution is -2.21. The van der Waals surface area contributed by atoms with E-state index in [2.05, 4.69) is 22.5 Å². The average molecular weight is 250 g/mol. The van der Waals surface area contributed by atoms with Gasteiger partial charge in [0, 0.05) is 6.54 Å². The summed E-state index contributed by atoms with van der Waals surface area (Å²) in [6, 6.07) is 0. The molecule has 88 valence electrons. The molecule has 0 saturated heterocycles. The molecule has 0 unspecified atom stereocenters. The van der Waals surface area contributed by atoms with Crippen LogP contribution in [0.4, 0.5) is 13.2 Å². The zero-order valence-electron chi connectivity index (χ0n) is 8.16. The van der Waals surface area contributed by atoms with Gasteiger partial charge >= 0.3 is 6.18 Å². The van der Waals surface area contributed by atoms with Gasteiger partial charge in [-0.25, -0.2) is 4.68 Å². The van der Waals surface area contributed by atoms with Crippen LogP contribution in [0, 0.1) is 5.92 Å². The van der Waals surface area contributed by atoms with Crippen molar-refractivity contribution >= 4 is 17.2 Å². The second-order valence-corrected chi connectivity index (χ2v) is 4.21. The molecule has 1 saturated carbocycles. The van der Waals surface area contributed by atoms with Gasteiger partial charge in [0.1, 0.15) is 4.99 Å². The lowest BCUT2D eigenvalue weighted by atomic mass is 10.3. The Labute approximate surface area is 94.6 Å². The number of hydrogen-bond acceptors (Lipinski definition) is 3. The molecule has 0 amide bonds. The van der Waals surface area contributed by atoms with Crippen LogP contribution in [-0.2, 0) is 12.7 Å². The number of halogens is 3. The minimum atomic E-state index is -4.53. The Morgan fingerprint density at radius 2 is 2.12 bits per heavy atom. The minimum Gasteiger partial charge on any atom is -0.388 e. The van der Waals surface area contributed by atoms with Gasteiger partial charge in [0.25, 0.3) is 0 Å². The maximum atomic E-state index is 12.8. The second-order valence-electron chi connectivity index (χ2n) is 3.77. The van der Waals surface area contributed by atoms with Crippen molar-refractivity contribution in [2.24, 2.45) is 11.7 Å². The Kier molecular flexibility index (Phi) is 2.61. The van der Waals surface area contributed by atoms with E-state index in [9.17, 15) is 13.2 Å². The molecular weight excluding hydrogens is 241 g/mol. The lowest BCUT2D eigenvalue weighted by molar-refractivity contribution is -0.144. The first kappa shape index (κ1) is 11.3. The highest BCUT2D eigenvalue weighted by Crippen LogP contribution is 2.35. The Balaban J connectivity index is 2.40. The molecule has 0 radical (unpaired) electrons.